The molecule has 0 amide bonds. The number of aromatic hydroxyl groups is 3. The van der Waals surface area contributed by atoms with E-state index in [0.29, 0.717) is 16.5 Å². The number of phenols is 3. The molecule has 0 saturated heterocycles. The third-order valence-corrected chi connectivity index (χ3v) is 9.11. The molecule has 0 aromatic heterocycles. The molecule has 2 heterocycles. The molecule has 3 N–H and O–H groups in total. The number of fused-ring (bicyclic) bond motifs is 4. The third-order valence-electron chi connectivity index (χ3n) is 9.11. The average molecular weight is 589 g/mol. The normalized spacial score (nSPS) is 24.2. The highest BCUT2D eigenvalue weighted by atomic mass is 16.6. The lowest BCUT2D eigenvalue weighted by Gasteiger charge is -2.45. The Morgan fingerprint density at radius 1 is 0.930 bits per heavy atom. The van der Waals surface area contributed by atoms with Gasteiger partial charge in [0.2, 0.25) is 0 Å². The van der Waals surface area contributed by atoms with Crippen molar-refractivity contribution in [1.82, 2.24) is 0 Å². The van der Waals surface area contributed by atoms with Crippen LogP contribution in [0.15, 0.2) is 12.1 Å². The number of esters is 4. The first-order chi connectivity index (χ1) is 20.3. The summed E-state index contributed by atoms with van der Waals surface area (Å²) in [6.45, 7) is 3.92. The van der Waals surface area contributed by atoms with E-state index in [9.17, 15) is 39.3 Å². The Labute approximate surface area is 242 Å². The minimum Gasteiger partial charge on any atom is -0.507 e. The molecular formula is C31H24O12. The fourth-order valence-electron chi connectivity index (χ4n) is 7.69. The van der Waals surface area contributed by atoms with Crippen molar-refractivity contribution < 1.29 is 58.2 Å². The van der Waals surface area contributed by atoms with Crippen molar-refractivity contribution in [3.63, 3.8) is 0 Å². The van der Waals surface area contributed by atoms with Crippen molar-refractivity contribution in [2.75, 3.05) is 13.7 Å². The first-order valence-corrected chi connectivity index (χ1v) is 13.4. The van der Waals surface area contributed by atoms with Crippen LogP contribution >= 0.6 is 0 Å². The van der Waals surface area contributed by atoms with Crippen LogP contribution in [-0.2, 0) is 34.0 Å². The standard InChI is InChI=1S/C31H24O12/c1-9-5-12(33)18-21-16(9)22-23-26(36)17-10(2)6-13(34)19-24(17)31(8-41-29(19)38,28(23)42-11(3)32)25(22)27(37)20(21)14(43-30(18)39)7-15(35)40-4/h5-6,14,23,28,33-34,37H,7-8H2,1-4H3/t14-,23+,28+,31+/m1/s1. The lowest BCUT2D eigenvalue weighted by atomic mass is 9.63. The average Bonchev–Trinajstić information content (AvgIpc) is 3.13. The molecule has 2 bridgehead atoms. The monoisotopic (exact) mass is 588 g/mol. The maximum Gasteiger partial charge on any atom is 0.343 e. The molecule has 0 saturated carbocycles. The summed E-state index contributed by atoms with van der Waals surface area (Å²) >= 11 is 0. The van der Waals surface area contributed by atoms with Gasteiger partial charge in [-0.15, -0.1) is 0 Å². The number of ketones is 1. The van der Waals surface area contributed by atoms with Crippen LogP contribution in [0.3, 0.4) is 0 Å². The quantitative estimate of drug-likeness (QED) is 0.301. The van der Waals surface area contributed by atoms with Gasteiger partial charge in [0.1, 0.15) is 47.2 Å². The SMILES string of the molecule is COC(=O)C[C@H]1OC(=O)c2c(O)cc(C)c3c4c(c(O)c1c23)[C@]12COC(=O)c3c(O)cc(C)c(c31)C(=O)[C@H]4[C@@H]2OC(C)=O. The van der Waals surface area contributed by atoms with Gasteiger partial charge in [0.15, 0.2) is 5.78 Å². The zero-order valence-electron chi connectivity index (χ0n) is 23.3. The first-order valence-electron chi connectivity index (χ1n) is 13.4. The number of benzene rings is 3. The second-order valence-electron chi connectivity index (χ2n) is 11.3. The van der Waals surface area contributed by atoms with Crippen molar-refractivity contribution >= 4 is 40.4 Å². The minimum absolute atomic E-state index is 0.0272. The van der Waals surface area contributed by atoms with Crippen LogP contribution in [0.1, 0.15) is 89.8 Å². The smallest absolute Gasteiger partial charge is 0.343 e. The van der Waals surface area contributed by atoms with Gasteiger partial charge in [-0.3, -0.25) is 14.4 Å². The van der Waals surface area contributed by atoms with Crippen LogP contribution in [0.5, 0.6) is 17.2 Å². The van der Waals surface area contributed by atoms with E-state index in [0.717, 1.165) is 14.0 Å². The highest BCUT2D eigenvalue weighted by molar-refractivity contribution is 6.18. The number of ether oxygens (including phenoxy) is 4. The van der Waals surface area contributed by atoms with Crippen molar-refractivity contribution in [3.8, 4) is 17.2 Å². The number of phenolic OH excluding ortho intramolecular Hbond substituents is 3. The van der Waals surface area contributed by atoms with E-state index < -0.39 is 83.5 Å². The molecule has 7 rings (SSSR count). The summed E-state index contributed by atoms with van der Waals surface area (Å²) in [4.78, 5) is 65.8. The molecule has 12 nitrogen and oxygen atoms in total. The molecule has 4 aliphatic rings. The van der Waals surface area contributed by atoms with E-state index in [1.54, 1.807) is 13.8 Å². The van der Waals surface area contributed by atoms with Gasteiger partial charge in [-0.25, -0.2) is 9.59 Å². The molecule has 0 unspecified atom stereocenters. The van der Waals surface area contributed by atoms with Gasteiger partial charge >= 0.3 is 23.9 Å². The first kappa shape index (κ1) is 26.7. The molecule has 2 aliphatic carbocycles. The number of cyclic esters (lactones) is 2. The van der Waals surface area contributed by atoms with E-state index in [1.165, 1.54) is 12.1 Å². The van der Waals surface area contributed by atoms with Gasteiger partial charge in [-0.05, 0) is 53.6 Å². The highest BCUT2D eigenvalue weighted by Gasteiger charge is 2.68. The molecule has 1 spiro atoms. The number of aryl methyl sites for hydroxylation is 2. The molecular weight excluding hydrogens is 564 g/mol. The summed E-state index contributed by atoms with van der Waals surface area (Å²) in [5.74, 6) is -6.51. The Bertz CT molecular complexity index is 1920. The summed E-state index contributed by atoms with van der Waals surface area (Å²) in [6, 6.07) is 2.60. The Balaban J connectivity index is 1.72. The maximum absolute atomic E-state index is 14.5. The molecule has 0 fully saturated rings. The van der Waals surface area contributed by atoms with Crippen LogP contribution in [0, 0.1) is 13.8 Å². The minimum atomic E-state index is -1.67. The Kier molecular flexibility index (Phi) is 5.26. The number of hydrogen-bond donors (Lipinski definition) is 3. The number of Topliss-reactive ketones (excluding diaryl/α,β-unsaturated/α-hetero) is 1. The van der Waals surface area contributed by atoms with Crippen LogP contribution in [0.25, 0.3) is 10.8 Å². The molecule has 0 radical (unpaired) electrons. The summed E-state index contributed by atoms with van der Waals surface area (Å²) in [5, 5.41) is 34.4. The van der Waals surface area contributed by atoms with Gasteiger partial charge in [-0.1, -0.05) is 0 Å². The summed E-state index contributed by atoms with van der Waals surface area (Å²) in [5.41, 5.74) is -1.03. The van der Waals surface area contributed by atoms with Crippen LogP contribution < -0.4 is 0 Å². The molecule has 2 aliphatic heterocycles. The van der Waals surface area contributed by atoms with Crippen molar-refractivity contribution in [2.45, 2.75) is 50.7 Å². The molecule has 4 atom stereocenters. The van der Waals surface area contributed by atoms with Gasteiger partial charge in [-0.2, -0.15) is 0 Å². The largest absolute Gasteiger partial charge is 0.507 e. The Morgan fingerprint density at radius 2 is 1.60 bits per heavy atom. The number of methoxy groups -OCH3 is 1. The van der Waals surface area contributed by atoms with Crippen LogP contribution in [0.4, 0.5) is 0 Å². The summed E-state index contributed by atoms with van der Waals surface area (Å²) in [7, 11) is 1.15. The van der Waals surface area contributed by atoms with E-state index >= 15 is 0 Å². The van der Waals surface area contributed by atoms with Gasteiger partial charge in [0.25, 0.3) is 0 Å². The topological polar surface area (TPSA) is 183 Å². The van der Waals surface area contributed by atoms with E-state index in [-0.39, 0.29) is 44.3 Å². The Morgan fingerprint density at radius 3 is 2.28 bits per heavy atom. The number of hydrogen-bond acceptors (Lipinski definition) is 12. The predicted molar refractivity (Wildman–Crippen MR) is 143 cm³/mol. The maximum atomic E-state index is 14.5. The fraction of sp³-hybridized carbons (Fsp3) is 0.323. The number of carbonyl (C=O) groups is 5. The fourth-order valence-corrected chi connectivity index (χ4v) is 7.69. The van der Waals surface area contributed by atoms with Crippen molar-refractivity contribution in [2.24, 2.45) is 0 Å². The Hall–Kier alpha value is -5.13. The van der Waals surface area contributed by atoms with Gasteiger partial charge in [0, 0.05) is 29.0 Å². The molecule has 3 aromatic carbocycles. The van der Waals surface area contributed by atoms with Crippen LogP contribution in [-0.4, -0.2) is 64.8 Å². The molecule has 43 heavy (non-hydrogen) atoms. The van der Waals surface area contributed by atoms with Gasteiger partial charge < -0.3 is 34.3 Å². The second kappa shape index (κ2) is 8.46. The van der Waals surface area contributed by atoms with Crippen LogP contribution in [0.2, 0.25) is 0 Å². The number of rotatable bonds is 3. The second-order valence-corrected chi connectivity index (χ2v) is 11.3. The zero-order valence-corrected chi connectivity index (χ0v) is 23.3. The van der Waals surface area contributed by atoms with E-state index in [4.69, 9.17) is 18.9 Å². The lowest BCUT2D eigenvalue weighted by molar-refractivity contribution is -0.150. The summed E-state index contributed by atoms with van der Waals surface area (Å²) in [6.07, 6.45) is -3.18. The number of carbonyl (C=O) groups excluding carboxylic acids is 5. The molecule has 3 aromatic rings. The third kappa shape index (κ3) is 3.07. The lowest BCUT2D eigenvalue weighted by Crippen LogP contribution is -2.54. The van der Waals surface area contributed by atoms with Gasteiger partial charge in [0.05, 0.1) is 24.9 Å². The molecule has 220 valence electrons. The van der Waals surface area contributed by atoms with Crippen molar-refractivity contribution in [3.05, 3.63) is 62.2 Å². The molecule has 12 heteroatoms. The van der Waals surface area contributed by atoms with E-state index in [1.807, 2.05) is 0 Å². The van der Waals surface area contributed by atoms with E-state index in [2.05, 4.69) is 0 Å². The predicted octanol–water partition coefficient (Wildman–Crippen LogP) is 3.03. The highest BCUT2D eigenvalue weighted by Crippen LogP contribution is 2.66. The van der Waals surface area contributed by atoms with Crippen molar-refractivity contribution in [1.29, 1.82) is 0 Å². The zero-order chi connectivity index (χ0) is 30.9. The summed E-state index contributed by atoms with van der Waals surface area (Å²) < 4.78 is 21.8.